The van der Waals surface area contributed by atoms with Gasteiger partial charge in [-0.2, -0.15) is 4.98 Å². The van der Waals surface area contributed by atoms with Crippen molar-refractivity contribution in [2.24, 2.45) is 0 Å². The van der Waals surface area contributed by atoms with Crippen molar-refractivity contribution >= 4 is 5.91 Å². The standard InChI is InChI=1S/C16H18N6O3/c23-15(21-7-5-12(6-8-21)22-10-17-18-11-22)4-3-14-19-16(20-25-14)13-2-1-9-24-13/h1-2,9-12H,3-8H2. The van der Waals surface area contributed by atoms with Crippen LogP contribution in [0.15, 0.2) is 40.0 Å². The van der Waals surface area contributed by atoms with Crippen LogP contribution < -0.4 is 0 Å². The second kappa shape index (κ2) is 6.88. The third kappa shape index (κ3) is 3.44. The number of furan rings is 1. The lowest BCUT2D eigenvalue weighted by Crippen LogP contribution is -2.39. The summed E-state index contributed by atoms with van der Waals surface area (Å²) in [4.78, 5) is 18.5. The fourth-order valence-corrected chi connectivity index (χ4v) is 3.04. The van der Waals surface area contributed by atoms with Gasteiger partial charge in [0.15, 0.2) is 5.76 Å². The number of hydrogen-bond acceptors (Lipinski definition) is 7. The Labute approximate surface area is 143 Å². The number of aryl methyl sites for hydroxylation is 1. The molecule has 25 heavy (non-hydrogen) atoms. The number of likely N-dealkylation sites (tertiary alicyclic amines) is 1. The monoisotopic (exact) mass is 342 g/mol. The number of carbonyl (C=O) groups excluding carboxylic acids is 1. The molecule has 4 rings (SSSR count). The minimum atomic E-state index is 0.111. The van der Waals surface area contributed by atoms with Crippen LogP contribution in [-0.4, -0.2) is 48.8 Å². The summed E-state index contributed by atoms with van der Waals surface area (Å²) < 4.78 is 12.4. The Balaban J connectivity index is 1.27. The molecule has 0 unspecified atom stereocenters. The molecule has 1 aliphatic heterocycles. The van der Waals surface area contributed by atoms with Crippen molar-refractivity contribution in [3.05, 3.63) is 36.9 Å². The molecule has 1 saturated heterocycles. The Morgan fingerprint density at radius 3 is 2.76 bits per heavy atom. The van der Waals surface area contributed by atoms with Gasteiger partial charge in [-0.3, -0.25) is 4.79 Å². The van der Waals surface area contributed by atoms with Crippen molar-refractivity contribution in [2.75, 3.05) is 13.1 Å². The van der Waals surface area contributed by atoms with Gasteiger partial charge >= 0.3 is 0 Å². The summed E-state index contributed by atoms with van der Waals surface area (Å²) in [7, 11) is 0. The van der Waals surface area contributed by atoms with Crippen LogP contribution in [0.4, 0.5) is 0 Å². The first kappa shape index (κ1) is 15.6. The van der Waals surface area contributed by atoms with E-state index in [4.69, 9.17) is 8.94 Å². The van der Waals surface area contributed by atoms with Gasteiger partial charge in [0.1, 0.15) is 12.7 Å². The first-order chi connectivity index (χ1) is 12.3. The number of carbonyl (C=O) groups is 1. The molecular formula is C16H18N6O3. The predicted octanol–water partition coefficient (Wildman–Crippen LogP) is 1.72. The van der Waals surface area contributed by atoms with Gasteiger partial charge in [0, 0.05) is 32.0 Å². The van der Waals surface area contributed by atoms with Crippen LogP contribution >= 0.6 is 0 Å². The van der Waals surface area contributed by atoms with Gasteiger partial charge in [0.05, 0.1) is 6.26 Å². The highest BCUT2D eigenvalue weighted by Gasteiger charge is 2.24. The maximum absolute atomic E-state index is 12.4. The molecule has 3 aromatic heterocycles. The minimum Gasteiger partial charge on any atom is -0.461 e. The van der Waals surface area contributed by atoms with Crippen LogP contribution in [0.5, 0.6) is 0 Å². The van der Waals surface area contributed by atoms with Crippen LogP contribution in [0.1, 0.15) is 31.2 Å². The highest BCUT2D eigenvalue weighted by Crippen LogP contribution is 2.22. The van der Waals surface area contributed by atoms with Crippen LogP contribution in [-0.2, 0) is 11.2 Å². The summed E-state index contributed by atoms with van der Waals surface area (Å²) in [6, 6.07) is 3.89. The minimum absolute atomic E-state index is 0.111. The van der Waals surface area contributed by atoms with Crippen molar-refractivity contribution in [3.63, 3.8) is 0 Å². The molecule has 1 aliphatic rings. The summed E-state index contributed by atoms with van der Waals surface area (Å²) in [5.74, 6) is 1.51. The van der Waals surface area contributed by atoms with Crippen molar-refractivity contribution in [2.45, 2.75) is 31.7 Å². The van der Waals surface area contributed by atoms with E-state index in [0.29, 0.717) is 36.4 Å². The third-order valence-electron chi connectivity index (χ3n) is 4.44. The van der Waals surface area contributed by atoms with E-state index in [-0.39, 0.29) is 5.91 Å². The lowest BCUT2D eigenvalue weighted by atomic mass is 10.0. The molecular weight excluding hydrogens is 324 g/mol. The number of hydrogen-bond donors (Lipinski definition) is 0. The van der Waals surface area contributed by atoms with Gasteiger partial charge in [0.2, 0.25) is 17.6 Å². The third-order valence-corrected chi connectivity index (χ3v) is 4.44. The van der Waals surface area contributed by atoms with Gasteiger partial charge in [0.25, 0.3) is 0 Å². The molecule has 3 aromatic rings. The van der Waals surface area contributed by atoms with Gasteiger partial charge in [-0.05, 0) is 25.0 Å². The highest BCUT2D eigenvalue weighted by atomic mass is 16.5. The molecule has 0 aromatic carbocycles. The van der Waals surface area contributed by atoms with Crippen LogP contribution in [0.25, 0.3) is 11.6 Å². The fraction of sp³-hybridized carbons (Fsp3) is 0.438. The summed E-state index contributed by atoms with van der Waals surface area (Å²) in [6.45, 7) is 1.48. The topological polar surface area (TPSA) is 103 Å². The average molecular weight is 342 g/mol. The van der Waals surface area contributed by atoms with E-state index in [1.54, 1.807) is 31.1 Å². The molecule has 0 bridgehead atoms. The van der Waals surface area contributed by atoms with E-state index in [1.165, 1.54) is 0 Å². The molecule has 0 spiro atoms. The average Bonchev–Trinajstić information content (AvgIpc) is 3.42. The van der Waals surface area contributed by atoms with Crippen LogP contribution in [0, 0.1) is 0 Å². The molecule has 0 atom stereocenters. The Hall–Kier alpha value is -2.97. The molecule has 9 heteroatoms. The Morgan fingerprint density at radius 1 is 1.24 bits per heavy atom. The molecule has 0 saturated carbocycles. The summed E-state index contributed by atoms with van der Waals surface area (Å²) in [5, 5.41) is 11.5. The predicted molar refractivity (Wildman–Crippen MR) is 85.2 cm³/mol. The maximum Gasteiger partial charge on any atom is 0.238 e. The highest BCUT2D eigenvalue weighted by molar-refractivity contribution is 5.76. The Bertz CT molecular complexity index is 803. The smallest absolute Gasteiger partial charge is 0.238 e. The van der Waals surface area contributed by atoms with Gasteiger partial charge in [-0.1, -0.05) is 5.16 Å². The van der Waals surface area contributed by atoms with E-state index in [0.717, 1.165) is 25.9 Å². The first-order valence-electron chi connectivity index (χ1n) is 8.28. The number of rotatable bonds is 5. The number of nitrogens with zero attached hydrogens (tertiary/aromatic N) is 6. The zero-order valence-electron chi connectivity index (χ0n) is 13.6. The normalized spacial score (nSPS) is 15.6. The van der Waals surface area contributed by atoms with Gasteiger partial charge in [-0.15, -0.1) is 10.2 Å². The van der Waals surface area contributed by atoms with Gasteiger partial charge < -0.3 is 18.4 Å². The second-order valence-electron chi connectivity index (χ2n) is 6.01. The zero-order chi connectivity index (χ0) is 17.1. The van der Waals surface area contributed by atoms with E-state index >= 15 is 0 Å². The summed E-state index contributed by atoms with van der Waals surface area (Å²) in [6.07, 6.45) is 7.62. The van der Waals surface area contributed by atoms with Crippen LogP contribution in [0.2, 0.25) is 0 Å². The molecule has 1 amide bonds. The second-order valence-corrected chi connectivity index (χ2v) is 6.01. The molecule has 1 fully saturated rings. The zero-order valence-corrected chi connectivity index (χ0v) is 13.6. The SMILES string of the molecule is O=C(CCc1nc(-c2ccco2)no1)N1CCC(n2cnnc2)CC1. The molecule has 130 valence electrons. The van der Waals surface area contributed by atoms with E-state index in [2.05, 4.69) is 20.3 Å². The fourth-order valence-electron chi connectivity index (χ4n) is 3.04. The Morgan fingerprint density at radius 2 is 2.04 bits per heavy atom. The molecule has 9 nitrogen and oxygen atoms in total. The van der Waals surface area contributed by atoms with Crippen molar-refractivity contribution < 1.29 is 13.7 Å². The summed E-state index contributed by atoms with van der Waals surface area (Å²) >= 11 is 0. The van der Waals surface area contributed by atoms with Crippen molar-refractivity contribution in [1.29, 1.82) is 0 Å². The number of aromatic nitrogens is 5. The molecule has 0 aliphatic carbocycles. The van der Waals surface area contributed by atoms with Gasteiger partial charge in [-0.25, -0.2) is 0 Å². The van der Waals surface area contributed by atoms with E-state index < -0.39 is 0 Å². The summed E-state index contributed by atoms with van der Waals surface area (Å²) in [5.41, 5.74) is 0. The van der Waals surface area contributed by atoms with Crippen molar-refractivity contribution in [3.8, 4) is 11.6 Å². The maximum atomic E-state index is 12.4. The molecule has 0 N–H and O–H groups in total. The molecule has 4 heterocycles. The Kier molecular flexibility index (Phi) is 4.28. The quantitative estimate of drug-likeness (QED) is 0.695. The van der Waals surface area contributed by atoms with Crippen molar-refractivity contribution in [1.82, 2.24) is 29.8 Å². The van der Waals surface area contributed by atoms with E-state index in [1.807, 2.05) is 9.47 Å². The number of piperidine rings is 1. The first-order valence-corrected chi connectivity index (χ1v) is 8.28. The number of amides is 1. The largest absolute Gasteiger partial charge is 0.461 e. The molecule has 0 radical (unpaired) electrons. The van der Waals surface area contributed by atoms with E-state index in [9.17, 15) is 4.79 Å². The lowest BCUT2D eigenvalue weighted by Gasteiger charge is -2.32. The van der Waals surface area contributed by atoms with Crippen LogP contribution in [0.3, 0.4) is 0 Å². The lowest BCUT2D eigenvalue weighted by molar-refractivity contribution is -0.132.